The number of carbonyl (C=O) groups excluding carboxylic acids is 1. The molecule has 0 aliphatic rings. The third kappa shape index (κ3) is 5.23. The number of anilines is 1. The molecule has 4 aromatic rings. The molecule has 0 aliphatic carbocycles. The van der Waals surface area contributed by atoms with Gasteiger partial charge in [-0.15, -0.1) is 10.2 Å². The van der Waals surface area contributed by atoms with Crippen molar-refractivity contribution in [3.8, 4) is 28.5 Å². The van der Waals surface area contributed by atoms with E-state index >= 15 is 0 Å². The molecule has 0 aliphatic heterocycles. The number of nitrogens with one attached hydrogen (secondary N) is 1. The van der Waals surface area contributed by atoms with E-state index in [2.05, 4.69) is 25.5 Å². The van der Waals surface area contributed by atoms with E-state index in [1.807, 2.05) is 0 Å². The Bertz CT molecular complexity index is 1180. The zero-order valence-electron chi connectivity index (χ0n) is 16.3. The summed E-state index contributed by atoms with van der Waals surface area (Å²) in [5.41, 5.74) is 2.03. The minimum Gasteiger partial charge on any atom is -0.497 e. The Morgan fingerprint density at radius 2 is 1.81 bits per heavy atom. The van der Waals surface area contributed by atoms with Gasteiger partial charge < -0.3 is 9.15 Å². The quantitative estimate of drug-likeness (QED) is 0.432. The van der Waals surface area contributed by atoms with E-state index in [-0.39, 0.29) is 28.6 Å². The van der Waals surface area contributed by atoms with Gasteiger partial charge in [-0.05, 0) is 54.6 Å². The minimum absolute atomic E-state index is 0.0361. The van der Waals surface area contributed by atoms with Crippen molar-refractivity contribution in [2.24, 2.45) is 0 Å². The van der Waals surface area contributed by atoms with Gasteiger partial charge in [-0.1, -0.05) is 11.8 Å². The monoisotopic (exact) mass is 437 g/mol. The van der Waals surface area contributed by atoms with E-state index in [0.717, 1.165) is 23.1 Å². The van der Waals surface area contributed by atoms with Crippen LogP contribution in [0.25, 0.3) is 22.7 Å². The summed E-state index contributed by atoms with van der Waals surface area (Å²) >= 11 is 1.10. The summed E-state index contributed by atoms with van der Waals surface area (Å²) in [6.45, 7) is 0. The first kappa shape index (κ1) is 20.5. The molecular weight excluding hydrogens is 421 g/mol. The number of hydrogen-bond acceptors (Lipinski definition) is 8. The number of methoxy groups -OCH3 is 1. The molecule has 1 amide bonds. The van der Waals surface area contributed by atoms with Crippen LogP contribution in [-0.4, -0.2) is 38.9 Å². The van der Waals surface area contributed by atoms with Crippen LogP contribution in [0.15, 0.2) is 70.4 Å². The number of benzene rings is 2. The van der Waals surface area contributed by atoms with Gasteiger partial charge in [0.15, 0.2) is 0 Å². The van der Waals surface area contributed by atoms with Crippen molar-refractivity contribution >= 4 is 23.6 Å². The highest BCUT2D eigenvalue weighted by molar-refractivity contribution is 7.99. The van der Waals surface area contributed by atoms with E-state index in [4.69, 9.17) is 9.15 Å². The number of thioether (sulfide) groups is 1. The number of carbonyl (C=O) groups is 1. The summed E-state index contributed by atoms with van der Waals surface area (Å²) in [7, 11) is 1.59. The van der Waals surface area contributed by atoms with E-state index in [0.29, 0.717) is 17.1 Å². The van der Waals surface area contributed by atoms with Crippen LogP contribution in [0.1, 0.15) is 0 Å². The van der Waals surface area contributed by atoms with Crippen LogP contribution in [0, 0.1) is 5.82 Å². The summed E-state index contributed by atoms with van der Waals surface area (Å²) in [6.07, 6.45) is 1.52. The average molecular weight is 437 g/mol. The Balaban J connectivity index is 1.35. The largest absolute Gasteiger partial charge is 0.497 e. The summed E-state index contributed by atoms with van der Waals surface area (Å²) in [4.78, 5) is 20.6. The number of amides is 1. The summed E-state index contributed by atoms with van der Waals surface area (Å²) in [5.74, 6) is 0.594. The molecule has 0 fully saturated rings. The molecule has 0 unspecified atom stereocenters. The maximum Gasteiger partial charge on any atom is 0.277 e. The van der Waals surface area contributed by atoms with E-state index in [1.54, 1.807) is 49.6 Å². The Morgan fingerprint density at radius 1 is 1.06 bits per heavy atom. The van der Waals surface area contributed by atoms with Gasteiger partial charge >= 0.3 is 0 Å². The highest BCUT2D eigenvalue weighted by Gasteiger charge is 2.13. The molecule has 0 saturated carbocycles. The fourth-order valence-corrected chi connectivity index (χ4v) is 3.17. The SMILES string of the molecule is COc1ccc(-c2nnc(SCC(=O)Nc3nccc(-c4ccc(F)cc4)n3)o2)cc1. The molecule has 2 aromatic carbocycles. The molecule has 0 bridgehead atoms. The van der Waals surface area contributed by atoms with Gasteiger partial charge in [-0.2, -0.15) is 0 Å². The number of hydrogen-bond donors (Lipinski definition) is 1. The lowest BCUT2D eigenvalue weighted by Crippen LogP contribution is -2.16. The first-order valence-electron chi connectivity index (χ1n) is 9.10. The van der Waals surface area contributed by atoms with Crippen molar-refractivity contribution in [3.05, 3.63) is 66.6 Å². The lowest BCUT2D eigenvalue weighted by atomic mass is 10.1. The lowest BCUT2D eigenvalue weighted by Gasteiger charge is -2.05. The Hall–Kier alpha value is -3.79. The van der Waals surface area contributed by atoms with Gasteiger partial charge in [0.1, 0.15) is 11.6 Å². The molecular formula is C21H16FN5O3S. The van der Waals surface area contributed by atoms with Crippen molar-refractivity contribution in [2.75, 3.05) is 18.2 Å². The van der Waals surface area contributed by atoms with Gasteiger partial charge in [0.2, 0.25) is 17.7 Å². The molecule has 10 heteroatoms. The first-order chi connectivity index (χ1) is 15.1. The van der Waals surface area contributed by atoms with Gasteiger partial charge in [0.25, 0.3) is 5.22 Å². The predicted octanol–water partition coefficient (Wildman–Crippen LogP) is 4.07. The Labute approximate surface area is 180 Å². The van der Waals surface area contributed by atoms with Crippen LogP contribution in [0.2, 0.25) is 0 Å². The number of halogens is 1. The molecule has 31 heavy (non-hydrogen) atoms. The van der Waals surface area contributed by atoms with Crippen LogP contribution in [-0.2, 0) is 4.79 Å². The molecule has 0 saturated heterocycles. The lowest BCUT2D eigenvalue weighted by molar-refractivity contribution is -0.113. The standard InChI is InChI=1S/C21H16FN5O3S/c1-29-16-8-4-14(5-9-16)19-26-27-21(30-19)31-12-18(28)25-20-23-11-10-17(24-20)13-2-6-15(22)7-3-13/h2-11H,12H2,1H3,(H,23,24,25,28). The fourth-order valence-electron chi connectivity index (χ4n) is 2.61. The first-order valence-corrected chi connectivity index (χ1v) is 10.1. The summed E-state index contributed by atoms with van der Waals surface area (Å²) < 4.78 is 23.8. The molecule has 0 atom stereocenters. The van der Waals surface area contributed by atoms with E-state index < -0.39 is 0 Å². The van der Waals surface area contributed by atoms with Gasteiger partial charge in [-0.25, -0.2) is 14.4 Å². The van der Waals surface area contributed by atoms with Crippen molar-refractivity contribution in [1.82, 2.24) is 20.2 Å². The maximum atomic E-state index is 13.1. The normalized spacial score (nSPS) is 10.6. The topological polar surface area (TPSA) is 103 Å². The second kappa shape index (κ2) is 9.35. The zero-order chi connectivity index (χ0) is 21.6. The predicted molar refractivity (Wildman–Crippen MR) is 113 cm³/mol. The highest BCUT2D eigenvalue weighted by Crippen LogP contribution is 2.25. The third-order valence-corrected chi connectivity index (χ3v) is 4.94. The van der Waals surface area contributed by atoms with Crippen LogP contribution >= 0.6 is 11.8 Å². The number of ether oxygens (including phenoxy) is 1. The molecule has 2 heterocycles. The second-order valence-electron chi connectivity index (χ2n) is 6.21. The maximum absolute atomic E-state index is 13.1. The van der Waals surface area contributed by atoms with Crippen LogP contribution in [0.4, 0.5) is 10.3 Å². The molecule has 4 rings (SSSR count). The van der Waals surface area contributed by atoms with Crippen LogP contribution in [0.3, 0.4) is 0 Å². The fraction of sp³-hybridized carbons (Fsp3) is 0.0952. The van der Waals surface area contributed by atoms with Gasteiger partial charge in [0.05, 0.1) is 18.6 Å². The Kier molecular flexibility index (Phi) is 6.18. The Morgan fingerprint density at radius 3 is 2.55 bits per heavy atom. The molecule has 2 aromatic heterocycles. The number of nitrogens with zero attached hydrogens (tertiary/aromatic N) is 4. The third-order valence-electron chi connectivity index (χ3n) is 4.12. The second-order valence-corrected chi connectivity index (χ2v) is 7.14. The van der Waals surface area contributed by atoms with Gasteiger partial charge in [-0.3, -0.25) is 10.1 Å². The van der Waals surface area contributed by atoms with Crippen molar-refractivity contribution < 1.29 is 18.3 Å². The molecule has 1 N–H and O–H groups in total. The molecule has 0 radical (unpaired) electrons. The van der Waals surface area contributed by atoms with Crippen molar-refractivity contribution in [1.29, 1.82) is 0 Å². The summed E-state index contributed by atoms with van der Waals surface area (Å²) in [5, 5.41) is 10.8. The van der Waals surface area contributed by atoms with Crippen molar-refractivity contribution in [2.45, 2.75) is 5.22 Å². The average Bonchev–Trinajstić information content (AvgIpc) is 3.27. The van der Waals surface area contributed by atoms with Crippen LogP contribution in [0.5, 0.6) is 5.75 Å². The molecule has 156 valence electrons. The van der Waals surface area contributed by atoms with Crippen LogP contribution < -0.4 is 10.1 Å². The van der Waals surface area contributed by atoms with Crippen molar-refractivity contribution in [3.63, 3.8) is 0 Å². The summed E-state index contributed by atoms with van der Waals surface area (Å²) in [6, 6.07) is 14.8. The molecule has 0 spiro atoms. The minimum atomic E-state index is -0.334. The molecule has 8 nitrogen and oxygen atoms in total. The highest BCUT2D eigenvalue weighted by atomic mass is 32.2. The number of aromatic nitrogens is 4. The smallest absolute Gasteiger partial charge is 0.277 e. The number of rotatable bonds is 7. The van der Waals surface area contributed by atoms with Gasteiger partial charge in [0, 0.05) is 17.3 Å². The van der Waals surface area contributed by atoms with E-state index in [1.165, 1.54) is 18.3 Å². The zero-order valence-corrected chi connectivity index (χ0v) is 17.1. The van der Waals surface area contributed by atoms with E-state index in [9.17, 15) is 9.18 Å².